The molecule has 2 aromatic carbocycles. The molecule has 2 aromatic rings. The average Bonchev–Trinajstić information content (AvgIpc) is 2.74. The molecule has 0 atom stereocenters. The molecule has 0 amide bonds. The van der Waals surface area contributed by atoms with E-state index in [1.54, 1.807) is 0 Å². The van der Waals surface area contributed by atoms with E-state index in [2.05, 4.69) is 71.5 Å². The molecule has 0 spiro atoms. The number of hydrogen-bond donors (Lipinski definition) is 1. The van der Waals surface area contributed by atoms with Crippen LogP contribution < -0.4 is 10.1 Å². The molecule has 2 nitrogen and oxygen atoms in total. The molecule has 1 heterocycles. The van der Waals surface area contributed by atoms with E-state index in [-0.39, 0.29) is 5.60 Å². The third-order valence-electron chi connectivity index (χ3n) is 3.73. The zero-order valence-electron chi connectivity index (χ0n) is 12.4. The van der Waals surface area contributed by atoms with E-state index in [9.17, 15) is 0 Å². The first kappa shape index (κ1) is 14.6. The molecule has 0 saturated carbocycles. The standard InChI is InChI=1S/C18H20BrNO/c1-18(2)10-15-9-13(7-8-17(15)21-18)11-20-12-14-5-3-4-6-16(14)19/h3-9,20H,10-12H2,1-2H3. The second kappa shape index (κ2) is 5.82. The normalized spacial score (nSPS) is 15.6. The van der Waals surface area contributed by atoms with Crippen molar-refractivity contribution in [2.45, 2.75) is 39.0 Å². The number of ether oxygens (including phenoxy) is 1. The summed E-state index contributed by atoms with van der Waals surface area (Å²) < 4.78 is 7.07. The van der Waals surface area contributed by atoms with E-state index in [4.69, 9.17) is 4.74 Å². The van der Waals surface area contributed by atoms with E-state index in [0.29, 0.717) is 0 Å². The first-order chi connectivity index (χ1) is 10.0. The molecule has 0 saturated heterocycles. The van der Waals surface area contributed by atoms with Crippen LogP contribution in [0.3, 0.4) is 0 Å². The number of nitrogens with one attached hydrogen (secondary N) is 1. The van der Waals surface area contributed by atoms with Gasteiger partial charge in [-0.1, -0.05) is 46.3 Å². The van der Waals surface area contributed by atoms with Gasteiger partial charge in [-0.25, -0.2) is 0 Å². The fraction of sp³-hybridized carbons (Fsp3) is 0.333. The minimum atomic E-state index is -0.0662. The summed E-state index contributed by atoms with van der Waals surface area (Å²) in [5, 5.41) is 3.50. The smallest absolute Gasteiger partial charge is 0.123 e. The Morgan fingerprint density at radius 3 is 2.76 bits per heavy atom. The van der Waals surface area contributed by atoms with Gasteiger partial charge in [0.1, 0.15) is 11.4 Å². The van der Waals surface area contributed by atoms with Crippen LogP contribution in [0.15, 0.2) is 46.9 Å². The summed E-state index contributed by atoms with van der Waals surface area (Å²) >= 11 is 3.58. The largest absolute Gasteiger partial charge is 0.487 e. The molecule has 0 unspecified atom stereocenters. The van der Waals surface area contributed by atoms with E-state index in [1.807, 2.05) is 6.07 Å². The number of rotatable bonds is 4. The summed E-state index contributed by atoms with van der Waals surface area (Å²) in [6.45, 7) is 6.01. The number of fused-ring (bicyclic) bond motifs is 1. The Morgan fingerprint density at radius 1 is 1.14 bits per heavy atom. The van der Waals surface area contributed by atoms with Crippen molar-refractivity contribution in [2.24, 2.45) is 0 Å². The van der Waals surface area contributed by atoms with Crippen molar-refractivity contribution in [3.05, 3.63) is 63.6 Å². The van der Waals surface area contributed by atoms with Crippen molar-refractivity contribution >= 4 is 15.9 Å². The van der Waals surface area contributed by atoms with Crippen LogP contribution in [0.2, 0.25) is 0 Å². The van der Waals surface area contributed by atoms with Gasteiger partial charge >= 0.3 is 0 Å². The van der Waals surface area contributed by atoms with Crippen LogP contribution in [0.4, 0.5) is 0 Å². The van der Waals surface area contributed by atoms with Gasteiger partial charge in [0.2, 0.25) is 0 Å². The predicted molar refractivity (Wildman–Crippen MR) is 89.5 cm³/mol. The summed E-state index contributed by atoms with van der Waals surface area (Å²) in [5.74, 6) is 1.04. The molecule has 0 bridgehead atoms. The fourth-order valence-corrected chi connectivity index (χ4v) is 3.18. The van der Waals surface area contributed by atoms with Gasteiger partial charge in [0, 0.05) is 24.0 Å². The lowest BCUT2D eigenvalue weighted by molar-refractivity contribution is 0.138. The van der Waals surface area contributed by atoms with Crippen LogP contribution in [-0.4, -0.2) is 5.60 Å². The second-order valence-electron chi connectivity index (χ2n) is 6.18. The highest BCUT2D eigenvalue weighted by Crippen LogP contribution is 2.35. The Kier molecular flexibility index (Phi) is 4.05. The molecule has 3 rings (SSSR count). The molecule has 1 aliphatic rings. The van der Waals surface area contributed by atoms with Crippen molar-refractivity contribution in [1.82, 2.24) is 5.32 Å². The second-order valence-corrected chi connectivity index (χ2v) is 7.03. The molecule has 1 N–H and O–H groups in total. The molecule has 21 heavy (non-hydrogen) atoms. The molecule has 0 radical (unpaired) electrons. The van der Waals surface area contributed by atoms with E-state index >= 15 is 0 Å². The van der Waals surface area contributed by atoms with Gasteiger partial charge in [0.25, 0.3) is 0 Å². The number of benzene rings is 2. The lowest BCUT2D eigenvalue weighted by atomic mass is 10.0. The van der Waals surface area contributed by atoms with E-state index in [0.717, 1.165) is 29.7 Å². The molecule has 3 heteroatoms. The first-order valence-corrected chi connectivity index (χ1v) is 8.08. The van der Waals surface area contributed by atoms with Crippen molar-refractivity contribution in [2.75, 3.05) is 0 Å². The highest BCUT2D eigenvalue weighted by Gasteiger charge is 2.29. The maximum Gasteiger partial charge on any atom is 0.123 e. The van der Waals surface area contributed by atoms with Gasteiger partial charge in [0.05, 0.1) is 0 Å². The molecular weight excluding hydrogens is 326 g/mol. The van der Waals surface area contributed by atoms with Crippen LogP contribution in [0.5, 0.6) is 5.75 Å². The van der Waals surface area contributed by atoms with Crippen LogP contribution in [0.25, 0.3) is 0 Å². The van der Waals surface area contributed by atoms with E-state index < -0.39 is 0 Å². The number of halogens is 1. The maximum absolute atomic E-state index is 5.91. The molecule has 0 aromatic heterocycles. The van der Waals surface area contributed by atoms with Crippen molar-refractivity contribution in [3.63, 3.8) is 0 Å². The topological polar surface area (TPSA) is 21.3 Å². The van der Waals surface area contributed by atoms with Gasteiger partial charge in [-0.05, 0) is 42.7 Å². The fourth-order valence-electron chi connectivity index (χ4n) is 2.76. The zero-order valence-corrected chi connectivity index (χ0v) is 14.0. The van der Waals surface area contributed by atoms with Gasteiger partial charge < -0.3 is 10.1 Å². The predicted octanol–water partition coefficient (Wildman–Crippen LogP) is 4.45. The van der Waals surface area contributed by atoms with Crippen LogP contribution in [-0.2, 0) is 19.5 Å². The summed E-state index contributed by atoms with van der Waals surface area (Å²) in [6, 6.07) is 14.8. The molecule has 0 fully saturated rings. The summed E-state index contributed by atoms with van der Waals surface area (Å²) in [4.78, 5) is 0. The zero-order chi connectivity index (χ0) is 14.9. The van der Waals surface area contributed by atoms with Crippen molar-refractivity contribution in [3.8, 4) is 5.75 Å². The Balaban J connectivity index is 1.61. The first-order valence-electron chi connectivity index (χ1n) is 7.28. The highest BCUT2D eigenvalue weighted by atomic mass is 79.9. The summed E-state index contributed by atoms with van der Waals surface area (Å²) in [5.41, 5.74) is 3.84. The molecule has 110 valence electrons. The molecule has 1 aliphatic heterocycles. The third kappa shape index (κ3) is 3.47. The quantitative estimate of drug-likeness (QED) is 0.883. The summed E-state index contributed by atoms with van der Waals surface area (Å²) in [6.07, 6.45) is 0.987. The summed E-state index contributed by atoms with van der Waals surface area (Å²) in [7, 11) is 0. The monoisotopic (exact) mass is 345 g/mol. The van der Waals surface area contributed by atoms with Crippen LogP contribution in [0.1, 0.15) is 30.5 Å². The minimum Gasteiger partial charge on any atom is -0.487 e. The van der Waals surface area contributed by atoms with Gasteiger partial charge in [-0.15, -0.1) is 0 Å². The number of hydrogen-bond acceptors (Lipinski definition) is 2. The Hall–Kier alpha value is -1.32. The lowest BCUT2D eigenvalue weighted by Crippen LogP contribution is -2.24. The van der Waals surface area contributed by atoms with Crippen molar-refractivity contribution < 1.29 is 4.74 Å². The van der Waals surface area contributed by atoms with Gasteiger partial charge in [0.15, 0.2) is 0 Å². The SMILES string of the molecule is CC1(C)Cc2cc(CNCc3ccccc3Br)ccc2O1. The Morgan fingerprint density at radius 2 is 1.95 bits per heavy atom. The Labute approximate surface area is 134 Å². The lowest BCUT2D eigenvalue weighted by Gasteiger charge is -2.16. The van der Waals surface area contributed by atoms with Crippen LogP contribution in [0, 0.1) is 0 Å². The average molecular weight is 346 g/mol. The highest BCUT2D eigenvalue weighted by molar-refractivity contribution is 9.10. The minimum absolute atomic E-state index is 0.0662. The molecule has 0 aliphatic carbocycles. The van der Waals surface area contributed by atoms with Crippen LogP contribution >= 0.6 is 15.9 Å². The van der Waals surface area contributed by atoms with E-state index in [1.165, 1.54) is 16.7 Å². The Bertz CT molecular complexity index is 651. The molecular formula is C18H20BrNO. The van der Waals surface area contributed by atoms with Gasteiger partial charge in [-0.2, -0.15) is 0 Å². The maximum atomic E-state index is 5.91. The van der Waals surface area contributed by atoms with Gasteiger partial charge in [-0.3, -0.25) is 0 Å². The third-order valence-corrected chi connectivity index (χ3v) is 4.50. The van der Waals surface area contributed by atoms with Crippen molar-refractivity contribution in [1.29, 1.82) is 0 Å².